The molecular formula is C30H38O. The van der Waals surface area contributed by atoms with Crippen LogP contribution in [0.1, 0.15) is 75.0 Å². The summed E-state index contributed by atoms with van der Waals surface area (Å²) in [6.45, 7) is 3.75. The molecule has 0 spiro atoms. The first-order valence-electron chi connectivity index (χ1n) is 12.1. The molecule has 0 fully saturated rings. The van der Waals surface area contributed by atoms with Gasteiger partial charge < -0.3 is 4.74 Å². The second-order valence-corrected chi connectivity index (χ2v) is 8.53. The summed E-state index contributed by atoms with van der Waals surface area (Å²) in [6.07, 6.45) is 10.6. The Kier molecular flexibility index (Phi) is 9.86. The molecule has 0 radical (unpaired) electrons. The Labute approximate surface area is 189 Å². The quantitative estimate of drug-likeness (QED) is 0.191. The van der Waals surface area contributed by atoms with Crippen LogP contribution >= 0.6 is 0 Å². The van der Waals surface area contributed by atoms with Crippen molar-refractivity contribution in [1.29, 1.82) is 0 Å². The zero-order valence-electron chi connectivity index (χ0n) is 19.1. The monoisotopic (exact) mass is 414 g/mol. The second-order valence-electron chi connectivity index (χ2n) is 8.53. The van der Waals surface area contributed by atoms with E-state index in [-0.39, 0.29) is 5.41 Å². The predicted octanol–water partition coefficient (Wildman–Crippen LogP) is 8.18. The molecule has 0 aliphatic heterocycles. The molecule has 0 bridgehead atoms. The highest BCUT2D eigenvalue weighted by Crippen LogP contribution is 2.39. The van der Waals surface area contributed by atoms with Crippen LogP contribution in [0.2, 0.25) is 0 Å². The maximum atomic E-state index is 6.41. The predicted molar refractivity (Wildman–Crippen MR) is 133 cm³/mol. The lowest BCUT2D eigenvalue weighted by Crippen LogP contribution is -2.35. The SMILES string of the molecule is CCCCCCCCCCOCC(c1ccccc1)(c1ccccc1)c1ccccc1. The Balaban J connectivity index is 1.70. The molecule has 1 heteroatoms. The Morgan fingerprint density at radius 1 is 0.516 bits per heavy atom. The zero-order chi connectivity index (χ0) is 21.6. The molecule has 3 aromatic rings. The van der Waals surface area contributed by atoms with Crippen LogP contribution in [-0.2, 0) is 10.2 Å². The molecule has 0 aromatic heterocycles. The van der Waals surface area contributed by atoms with Crippen molar-refractivity contribution in [3.63, 3.8) is 0 Å². The van der Waals surface area contributed by atoms with Gasteiger partial charge in [-0.25, -0.2) is 0 Å². The molecule has 0 saturated carbocycles. The van der Waals surface area contributed by atoms with E-state index in [2.05, 4.69) is 97.9 Å². The number of hydrogen-bond acceptors (Lipinski definition) is 1. The zero-order valence-corrected chi connectivity index (χ0v) is 19.1. The summed E-state index contributed by atoms with van der Waals surface area (Å²) in [5.74, 6) is 0. The van der Waals surface area contributed by atoms with E-state index in [0.29, 0.717) is 6.61 Å². The van der Waals surface area contributed by atoms with Gasteiger partial charge >= 0.3 is 0 Å². The van der Waals surface area contributed by atoms with Crippen molar-refractivity contribution in [3.05, 3.63) is 108 Å². The van der Waals surface area contributed by atoms with Crippen LogP contribution in [0, 0.1) is 0 Å². The fourth-order valence-electron chi connectivity index (χ4n) is 4.48. The van der Waals surface area contributed by atoms with E-state index in [1.54, 1.807) is 0 Å². The van der Waals surface area contributed by atoms with Gasteiger partial charge in [0.15, 0.2) is 0 Å². The number of rotatable bonds is 14. The molecule has 3 aromatic carbocycles. The molecule has 0 N–H and O–H groups in total. The maximum absolute atomic E-state index is 6.41. The van der Waals surface area contributed by atoms with Crippen molar-refractivity contribution in [2.24, 2.45) is 0 Å². The highest BCUT2D eigenvalue weighted by molar-refractivity contribution is 5.50. The lowest BCUT2D eigenvalue weighted by Gasteiger charge is -2.35. The lowest BCUT2D eigenvalue weighted by atomic mass is 9.70. The molecule has 0 amide bonds. The molecule has 0 aliphatic carbocycles. The molecule has 164 valence electrons. The Hall–Kier alpha value is -2.38. The van der Waals surface area contributed by atoms with Gasteiger partial charge in [-0.05, 0) is 23.1 Å². The van der Waals surface area contributed by atoms with E-state index in [1.165, 1.54) is 61.6 Å². The molecule has 0 saturated heterocycles. The van der Waals surface area contributed by atoms with Gasteiger partial charge in [-0.2, -0.15) is 0 Å². The van der Waals surface area contributed by atoms with E-state index in [9.17, 15) is 0 Å². The first kappa shape index (κ1) is 23.3. The Morgan fingerprint density at radius 2 is 0.903 bits per heavy atom. The smallest absolute Gasteiger partial charge is 0.0685 e. The Morgan fingerprint density at radius 3 is 1.32 bits per heavy atom. The van der Waals surface area contributed by atoms with E-state index in [1.807, 2.05) is 0 Å². The first-order valence-corrected chi connectivity index (χ1v) is 12.1. The van der Waals surface area contributed by atoms with Gasteiger partial charge in [-0.3, -0.25) is 0 Å². The highest BCUT2D eigenvalue weighted by atomic mass is 16.5. The molecule has 3 rings (SSSR count). The van der Waals surface area contributed by atoms with Crippen LogP contribution in [-0.4, -0.2) is 13.2 Å². The van der Waals surface area contributed by atoms with Gasteiger partial charge in [-0.15, -0.1) is 0 Å². The third-order valence-electron chi connectivity index (χ3n) is 6.26. The molecule has 0 unspecified atom stereocenters. The summed E-state index contributed by atoms with van der Waals surface area (Å²) >= 11 is 0. The minimum absolute atomic E-state index is 0.302. The standard InChI is InChI=1S/C30H38O/c1-2-3-4-5-6-7-8-18-25-31-26-30(27-19-12-9-13-20-27,28-21-14-10-15-22-28)29-23-16-11-17-24-29/h9-17,19-24H,2-8,18,25-26H2,1H3. The topological polar surface area (TPSA) is 9.23 Å². The van der Waals surface area contributed by atoms with Gasteiger partial charge in [0.25, 0.3) is 0 Å². The van der Waals surface area contributed by atoms with Gasteiger partial charge in [0.1, 0.15) is 0 Å². The van der Waals surface area contributed by atoms with Gasteiger partial charge in [0.05, 0.1) is 12.0 Å². The van der Waals surface area contributed by atoms with E-state index >= 15 is 0 Å². The van der Waals surface area contributed by atoms with Gasteiger partial charge in [0, 0.05) is 6.61 Å². The fraction of sp³-hybridized carbons (Fsp3) is 0.400. The van der Waals surface area contributed by atoms with Crippen LogP contribution in [0.25, 0.3) is 0 Å². The molecule has 0 aliphatic rings. The number of ether oxygens (including phenoxy) is 1. The summed E-state index contributed by atoms with van der Waals surface area (Å²) in [6, 6.07) is 32.5. The fourth-order valence-corrected chi connectivity index (χ4v) is 4.48. The first-order chi connectivity index (χ1) is 15.4. The van der Waals surface area contributed by atoms with Gasteiger partial charge in [-0.1, -0.05) is 143 Å². The van der Waals surface area contributed by atoms with Crippen molar-refractivity contribution >= 4 is 0 Å². The van der Waals surface area contributed by atoms with Crippen molar-refractivity contribution in [2.75, 3.05) is 13.2 Å². The van der Waals surface area contributed by atoms with Crippen molar-refractivity contribution in [2.45, 2.75) is 63.7 Å². The summed E-state index contributed by atoms with van der Waals surface area (Å²) in [4.78, 5) is 0. The van der Waals surface area contributed by atoms with E-state index < -0.39 is 0 Å². The minimum atomic E-state index is -0.302. The van der Waals surface area contributed by atoms with Crippen LogP contribution in [0.4, 0.5) is 0 Å². The average Bonchev–Trinajstić information content (AvgIpc) is 2.84. The molecule has 1 nitrogen and oxygen atoms in total. The summed E-state index contributed by atoms with van der Waals surface area (Å²) in [5.41, 5.74) is 3.54. The van der Waals surface area contributed by atoms with Crippen LogP contribution < -0.4 is 0 Å². The van der Waals surface area contributed by atoms with Crippen molar-refractivity contribution in [3.8, 4) is 0 Å². The average molecular weight is 415 g/mol. The van der Waals surface area contributed by atoms with E-state index in [0.717, 1.165) is 13.0 Å². The highest BCUT2D eigenvalue weighted by Gasteiger charge is 2.36. The summed E-state index contributed by atoms with van der Waals surface area (Å²) in [5, 5.41) is 0. The molecule has 0 heterocycles. The number of hydrogen-bond donors (Lipinski definition) is 0. The van der Waals surface area contributed by atoms with Crippen LogP contribution in [0.5, 0.6) is 0 Å². The third-order valence-corrected chi connectivity index (χ3v) is 6.26. The molecule has 0 atom stereocenters. The molecule has 31 heavy (non-hydrogen) atoms. The second kappa shape index (κ2) is 13.1. The minimum Gasteiger partial charge on any atom is -0.380 e. The van der Waals surface area contributed by atoms with Crippen molar-refractivity contribution in [1.82, 2.24) is 0 Å². The Bertz CT molecular complexity index is 729. The van der Waals surface area contributed by atoms with Crippen LogP contribution in [0.3, 0.4) is 0 Å². The van der Waals surface area contributed by atoms with Crippen LogP contribution in [0.15, 0.2) is 91.0 Å². The van der Waals surface area contributed by atoms with E-state index in [4.69, 9.17) is 4.74 Å². The lowest BCUT2D eigenvalue weighted by molar-refractivity contribution is 0.104. The largest absolute Gasteiger partial charge is 0.380 e. The normalized spacial score (nSPS) is 11.5. The number of benzene rings is 3. The summed E-state index contributed by atoms with van der Waals surface area (Å²) < 4.78 is 6.41. The third kappa shape index (κ3) is 6.55. The molecular weight excluding hydrogens is 376 g/mol. The maximum Gasteiger partial charge on any atom is 0.0685 e. The van der Waals surface area contributed by atoms with Crippen molar-refractivity contribution < 1.29 is 4.74 Å². The summed E-state index contributed by atoms with van der Waals surface area (Å²) in [7, 11) is 0. The number of unbranched alkanes of at least 4 members (excludes halogenated alkanes) is 7. The van der Waals surface area contributed by atoms with Gasteiger partial charge in [0.2, 0.25) is 0 Å².